The Morgan fingerprint density at radius 2 is 1.75 bits per heavy atom. The molecule has 1 aromatic rings. The molecule has 0 atom stereocenters. The molecule has 0 spiro atoms. The molecule has 1 aliphatic carbocycles. The summed E-state index contributed by atoms with van der Waals surface area (Å²) in [4.78, 5) is 15.7. The molecule has 3 N–H and O–H groups in total. The highest BCUT2D eigenvalue weighted by molar-refractivity contribution is 14.0. The fraction of sp³-hybridized carbons (Fsp3) is 0.529. The third-order valence-electron chi connectivity index (χ3n) is 3.75. The van der Waals surface area contributed by atoms with E-state index in [1.165, 1.54) is 5.56 Å². The van der Waals surface area contributed by atoms with E-state index in [4.69, 9.17) is 4.74 Å². The van der Waals surface area contributed by atoms with Crippen molar-refractivity contribution in [2.24, 2.45) is 10.9 Å². The third-order valence-corrected chi connectivity index (χ3v) is 3.75. The summed E-state index contributed by atoms with van der Waals surface area (Å²) in [5.74, 6) is 2.05. The highest BCUT2D eigenvalue weighted by Gasteiger charge is 2.28. The van der Waals surface area contributed by atoms with Gasteiger partial charge in [0.05, 0.1) is 7.11 Å². The van der Waals surface area contributed by atoms with Crippen LogP contribution in [0.5, 0.6) is 5.75 Å². The fourth-order valence-electron chi connectivity index (χ4n) is 2.19. The average molecular weight is 446 g/mol. The van der Waals surface area contributed by atoms with E-state index in [0.29, 0.717) is 13.1 Å². The molecule has 0 radical (unpaired) electrons. The molecule has 1 saturated carbocycles. The van der Waals surface area contributed by atoms with Crippen molar-refractivity contribution in [1.82, 2.24) is 16.0 Å². The molecule has 6 nitrogen and oxygen atoms in total. The summed E-state index contributed by atoms with van der Waals surface area (Å²) in [5, 5.41) is 9.38. The maximum Gasteiger partial charge on any atom is 0.223 e. The lowest BCUT2D eigenvalue weighted by atomic mass is 10.1. The minimum atomic E-state index is 0. The van der Waals surface area contributed by atoms with Crippen molar-refractivity contribution in [2.75, 3.05) is 33.8 Å². The van der Waals surface area contributed by atoms with Crippen LogP contribution in [-0.4, -0.2) is 45.7 Å². The van der Waals surface area contributed by atoms with Crippen LogP contribution in [0, 0.1) is 5.92 Å². The van der Waals surface area contributed by atoms with Gasteiger partial charge in [-0.15, -0.1) is 24.0 Å². The topological polar surface area (TPSA) is 74.8 Å². The summed E-state index contributed by atoms with van der Waals surface area (Å²) >= 11 is 0. The van der Waals surface area contributed by atoms with E-state index in [9.17, 15) is 4.79 Å². The number of ether oxygens (including phenoxy) is 1. The minimum Gasteiger partial charge on any atom is -0.497 e. The quantitative estimate of drug-likeness (QED) is 0.245. The van der Waals surface area contributed by atoms with E-state index in [-0.39, 0.29) is 35.8 Å². The van der Waals surface area contributed by atoms with Crippen LogP contribution in [0.15, 0.2) is 29.3 Å². The number of aliphatic imine (C=N–C) groups is 1. The van der Waals surface area contributed by atoms with E-state index < -0.39 is 0 Å². The first-order valence-electron chi connectivity index (χ1n) is 8.08. The van der Waals surface area contributed by atoms with Crippen molar-refractivity contribution in [2.45, 2.75) is 19.3 Å². The lowest BCUT2D eigenvalue weighted by Crippen LogP contribution is -2.42. The predicted octanol–water partition coefficient (Wildman–Crippen LogP) is 1.55. The molecule has 0 heterocycles. The number of carbonyl (C=O) groups is 1. The zero-order chi connectivity index (χ0) is 16.5. The molecule has 0 aromatic heterocycles. The normalized spacial score (nSPS) is 13.7. The predicted molar refractivity (Wildman–Crippen MR) is 107 cm³/mol. The number of guanidine groups is 1. The van der Waals surface area contributed by atoms with Crippen molar-refractivity contribution in [3.05, 3.63) is 29.8 Å². The van der Waals surface area contributed by atoms with Crippen LogP contribution in [0.4, 0.5) is 0 Å². The zero-order valence-electron chi connectivity index (χ0n) is 14.3. The molecule has 0 unspecified atom stereocenters. The molecular formula is C17H27IN4O2. The van der Waals surface area contributed by atoms with E-state index in [0.717, 1.165) is 37.5 Å². The molecule has 1 amide bonds. The van der Waals surface area contributed by atoms with Gasteiger partial charge in [-0.25, -0.2) is 0 Å². The zero-order valence-corrected chi connectivity index (χ0v) is 16.6. The van der Waals surface area contributed by atoms with Crippen molar-refractivity contribution >= 4 is 35.8 Å². The average Bonchev–Trinajstić information content (AvgIpc) is 3.42. The standard InChI is InChI=1S/C17H26N4O2.HI/c1-18-17(21-12-11-19-16(22)14-5-6-14)20-10-9-13-3-7-15(23-2)8-4-13;/h3-4,7-8,14H,5-6,9-12H2,1-2H3,(H,19,22)(H2,18,20,21);1H. The second-order valence-electron chi connectivity index (χ2n) is 5.59. The lowest BCUT2D eigenvalue weighted by molar-refractivity contribution is -0.122. The van der Waals surface area contributed by atoms with E-state index in [1.54, 1.807) is 14.2 Å². The molecule has 1 aromatic carbocycles. The molecular weight excluding hydrogens is 419 g/mol. The lowest BCUT2D eigenvalue weighted by Gasteiger charge is -2.12. The summed E-state index contributed by atoms with van der Waals surface area (Å²) in [7, 11) is 3.41. The first kappa shape index (κ1) is 20.5. The summed E-state index contributed by atoms with van der Waals surface area (Å²) < 4.78 is 5.14. The van der Waals surface area contributed by atoms with Crippen molar-refractivity contribution in [1.29, 1.82) is 0 Å². The van der Waals surface area contributed by atoms with E-state index in [1.807, 2.05) is 12.1 Å². The Morgan fingerprint density at radius 1 is 1.12 bits per heavy atom. The van der Waals surface area contributed by atoms with Gasteiger partial charge >= 0.3 is 0 Å². The molecule has 2 rings (SSSR count). The molecule has 0 saturated heterocycles. The SMILES string of the molecule is CN=C(NCCNC(=O)C1CC1)NCCc1ccc(OC)cc1.I. The molecule has 24 heavy (non-hydrogen) atoms. The smallest absolute Gasteiger partial charge is 0.223 e. The summed E-state index contributed by atoms with van der Waals surface area (Å²) in [6, 6.07) is 8.05. The van der Waals surface area contributed by atoms with Crippen molar-refractivity contribution in [3.8, 4) is 5.75 Å². The molecule has 7 heteroatoms. The molecule has 0 aliphatic heterocycles. The van der Waals surface area contributed by atoms with Gasteiger partial charge in [0.1, 0.15) is 5.75 Å². The highest BCUT2D eigenvalue weighted by Crippen LogP contribution is 2.28. The highest BCUT2D eigenvalue weighted by atomic mass is 127. The van der Waals surface area contributed by atoms with Gasteiger partial charge in [0.15, 0.2) is 5.96 Å². The number of rotatable bonds is 8. The maximum atomic E-state index is 11.5. The number of benzene rings is 1. The minimum absolute atomic E-state index is 0. The number of hydrogen-bond acceptors (Lipinski definition) is 3. The Hall–Kier alpha value is -1.51. The summed E-state index contributed by atoms with van der Waals surface area (Å²) in [6.07, 6.45) is 2.98. The number of methoxy groups -OCH3 is 1. The Bertz CT molecular complexity index is 530. The summed E-state index contributed by atoms with van der Waals surface area (Å²) in [6.45, 7) is 2.08. The first-order valence-corrected chi connectivity index (χ1v) is 8.08. The van der Waals surface area contributed by atoms with Crippen LogP contribution in [0.2, 0.25) is 0 Å². The fourth-order valence-corrected chi connectivity index (χ4v) is 2.19. The number of hydrogen-bond donors (Lipinski definition) is 3. The molecule has 0 bridgehead atoms. The van der Waals surface area contributed by atoms with Gasteiger partial charge in [-0.05, 0) is 37.0 Å². The molecule has 1 fully saturated rings. The Kier molecular flexibility index (Phi) is 9.51. The number of nitrogens with one attached hydrogen (secondary N) is 3. The second kappa shape index (κ2) is 11.1. The second-order valence-corrected chi connectivity index (χ2v) is 5.59. The van der Waals surface area contributed by atoms with Crippen LogP contribution in [0.25, 0.3) is 0 Å². The van der Waals surface area contributed by atoms with Crippen molar-refractivity contribution < 1.29 is 9.53 Å². The summed E-state index contributed by atoms with van der Waals surface area (Å²) in [5.41, 5.74) is 1.24. The van der Waals surface area contributed by atoms with Crippen LogP contribution in [-0.2, 0) is 11.2 Å². The third kappa shape index (κ3) is 7.37. The van der Waals surface area contributed by atoms with Gasteiger partial charge in [0.2, 0.25) is 5.91 Å². The van der Waals surface area contributed by atoms with Gasteiger partial charge < -0.3 is 20.7 Å². The van der Waals surface area contributed by atoms with Gasteiger partial charge in [-0.3, -0.25) is 9.79 Å². The Labute approximate surface area is 160 Å². The van der Waals surface area contributed by atoms with Gasteiger partial charge in [-0.1, -0.05) is 12.1 Å². The number of halogens is 1. The largest absolute Gasteiger partial charge is 0.497 e. The van der Waals surface area contributed by atoms with E-state index in [2.05, 4.69) is 33.1 Å². The maximum absolute atomic E-state index is 11.5. The van der Waals surface area contributed by atoms with Crippen molar-refractivity contribution in [3.63, 3.8) is 0 Å². The van der Waals surface area contributed by atoms with Gasteiger partial charge in [0.25, 0.3) is 0 Å². The van der Waals surface area contributed by atoms with Gasteiger partial charge in [-0.2, -0.15) is 0 Å². The first-order chi connectivity index (χ1) is 11.2. The number of amides is 1. The van der Waals surface area contributed by atoms with Crippen LogP contribution in [0.3, 0.4) is 0 Å². The number of carbonyl (C=O) groups excluding carboxylic acids is 1. The molecule has 1 aliphatic rings. The Balaban J connectivity index is 0.00000288. The number of nitrogens with zero attached hydrogens (tertiary/aromatic N) is 1. The molecule has 134 valence electrons. The van der Waals surface area contributed by atoms with Crippen LogP contribution >= 0.6 is 24.0 Å². The Morgan fingerprint density at radius 3 is 2.33 bits per heavy atom. The van der Waals surface area contributed by atoms with E-state index >= 15 is 0 Å². The monoisotopic (exact) mass is 446 g/mol. The van der Waals surface area contributed by atoms with Crippen LogP contribution in [0.1, 0.15) is 18.4 Å². The van der Waals surface area contributed by atoms with Crippen LogP contribution < -0.4 is 20.7 Å². The van der Waals surface area contributed by atoms with Gasteiger partial charge in [0, 0.05) is 32.6 Å².